The predicted molar refractivity (Wildman–Crippen MR) is 78.5 cm³/mol. The van der Waals surface area contributed by atoms with Gasteiger partial charge in [0.2, 0.25) is 0 Å². The molecule has 1 fully saturated rings. The first kappa shape index (κ1) is 13.3. The summed E-state index contributed by atoms with van der Waals surface area (Å²) < 4.78 is 1.05. The Morgan fingerprint density at radius 1 is 1.50 bits per heavy atom. The second-order valence-corrected chi connectivity index (χ2v) is 6.11. The fraction of sp³-hybridized carbons (Fsp3) is 0.429. The zero-order valence-electron chi connectivity index (χ0n) is 10.7. The fourth-order valence-electron chi connectivity index (χ4n) is 2.88. The lowest BCUT2D eigenvalue weighted by atomic mass is 9.58. The number of likely N-dealkylation sites (N-methyl/N-ethyl adjacent to an activating group) is 1. The Morgan fingerprint density at radius 3 is 2.67 bits per heavy atom. The van der Waals surface area contributed by atoms with Crippen molar-refractivity contribution in [2.75, 3.05) is 7.05 Å². The van der Waals surface area contributed by atoms with Crippen LogP contribution in [-0.4, -0.2) is 24.1 Å². The molecule has 0 aromatic heterocycles. The topological polar surface area (TPSA) is 50.9 Å². The predicted octanol–water partition coefficient (Wildman–Crippen LogP) is 3.63. The van der Waals surface area contributed by atoms with Gasteiger partial charge >= 0.3 is 0 Å². The van der Waals surface area contributed by atoms with E-state index in [9.17, 15) is 0 Å². The lowest BCUT2D eigenvalue weighted by Crippen LogP contribution is -2.52. The summed E-state index contributed by atoms with van der Waals surface area (Å²) in [6.07, 6.45) is 3.19. The molecular formula is C14H18BrN3. The standard InChI is InChI=1S/C14H18BrN3/c1-10-7-14(8-10,13(17)18(2)9-16)11-4-3-5-12(15)6-11/h3-6,9-10,16-17H,7-8H2,1-2H3. The van der Waals surface area contributed by atoms with Crippen LogP contribution in [0.2, 0.25) is 0 Å². The van der Waals surface area contributed by atoms with Crippen LogP contribution in [-0.2, 0) is 5.41 Å². The maximum Gasteiger partial charge on any atom is 0.112 e. The molecule has 1 saturated carbocycles. The second kappa shape index (κ2) is 4.84. The third kappa shape index (κ3) is 2.09. The fourth-order valence-corrected chi connectivity index (χ4v) is 3.28. The van der Waals surface area contributed by atoms with Crippen LogP contribution in [0.15, 0.2) is 28.7 Å². The highest BCUT2D eigenvalue weighted by Crippen LogP contribution is 2.49. The van der Waals surface area contributed by atoms with Crippen LogP contribution in [0, 0.1) is 16.7 Å². The van der Waals surface area contributed by atoms with Crippen LogP contribution in [0.25, 0.3) is 0 Å². The summed E-state index contributed by atoms with van der Waals surface area (Å²) in [7, 11) is 1.78. The lowest BCUT2D eigenvalue weighted by Gasteiger charge is -2.48. The molecule has 0 heterocycles. The summed E-state index contributed by atoms with van der Waals surface area (Å²) in [5, 5.41) is 15.7. The average Bonchev–Trinajstić information content (AvgIpc) is 2.32. The van der Waals surface area contributed by atoms with Gasteiger partial charge in [-0.25, -0.2) is 0 Å². The van der Waals surface area contributed by atoms with Gasteiger partial charge < -0.3 is 4.90 Å². The Hall–Kier alpha value is -1.16. The Labute approximate surface area is 116 Å². The molecule has 4 heteroatoms. The summed E-state index contributed by atoms with van der Waals surface area (Å²) in [5.74, 6) is 1.16. The SMILES string of the molecule is CC1CC(C(=N)N(C)C=N)(c2cccc(Br)c2)C1. The second-order valence-electron chi connectivity index (χ2n) is 5.19. The molecule has 0 bridgehead atoms. The van der Waals surface area contributed by atoms with E-state index in [0.717, 1.165) is 17.3 Å². The minimum Gasteiger partial charge on any atom is -0.324 e. The van der Waals surface area contributed by atoms with Gasteiger partial charge in [-0.1, -0.05) is 35.0 Å². The van der Waals surface area contributed by atoms with Gasteiger partial charge in [-0.15, -0.1) is 0 Å². The molecule has 0 unspecified atom stereocenters. The third-order valence-corrected chi connectivity index (χ3v) is 4.26. The van der Waals surface area contributed by atoms with Gasteiger partial charge in [0.1, 0.15) is 5.84 Å². The number of hydrogen-bond acceptors (Lipinski definition) is 2. The molecule has 1 aromatic carbocycles. The Balaban J connectivity index is 2.39. The van der Waals surface area contributed by atoms with Crippen LogP contribution < -0.4 is 0 Å². The van der Waals surface area contributed by atoms with Crippen molar-refractivity contribution >= 4 is 28.1 Å². The molecule has 18 heavy (non-hydrogen) atoms. The van der Waals surface area contributed by atoms with E-state index in [1.807, 2.05) is 12.1 Å². The molecule has 1 aromatic rings. The maximum atomic E-state index is 8.36. The molecule has 0 amide bonds. The molecule has 0 radical (unpaired) electrons. The molecule has 0 saturated heterocycles. The van der Waals surface area contributed by atoms with Crippen molar-refractivity contribution in [1.29, 1.82) is 10.8 Å². The van der Waals surface area contributed by atoms with Crippen LogP contribution in [0.4, 0.5) is 0 Å². The summed E-state index contributed by atoms with van der Waals surface area (Å²) in [6, 6.07) is 8.20. The molecular weight excluding hydrogens is 290 g/mol. The van der Waals surface area contributed by atoms with E-state index in [1.165, 1.54) is 11.9 Å². The van der Waals surface area contributed by atoms with Gasteiger partial charge in [-0.3, -0.25) is 10.8 Å². The number of nitrogens with one attached hydrogen (secondary N) is 2. The molecule has 0 spiro atoms. The minimum absolute atomic E-state index is 0.213. The number of halogens is 1. The molecule has 96 valence electrons. The minimum atomic E-state index is -0.213. The number of hydrogen-bond donors (Lipinski definition) is 2. The third-order valence-electron chi connectivity index (χ3n) is 3.77. The van der Waals surface area contributed by atoms with Crippen molar-refractivity contribution in [2.45, 2.75) is 25.2 Å². The number of amidine groups is 1. The Bertz CT molecular complexity index is 478. The van der Waals surface area contributed by atoms with Crippen molar-refractivity contribution in [3.8, 4) is 0 Å². The Kier molecular flexibility index (Phi) is 3.57. The highest BCUT2D eigenvalue weighted by atomic mass is 79.9. The van der Waals surface area contributed by atoms with Gasteiger partial charge in [-0.05, 0) is 36.5 Å². The normalized spacial score (nSPS) is 26.3. The van der Waals surface area contributed by atoms with Gasteiger partial charge in [0.25, 0.3) is 0 Å². The zero-order valence-corrected chi connectivity index (χ0v) is 12.3. The zero-order chi connectivity index (χ0) is 13.3. The molecule has 1 aliphatic carbocycles. The van der Waals surface area contributed by atoms with Gasteiger partial charge in [-0.2, -0.15) is 0 Å². The summed E-state index contributed by atoms with van der Waals surface area (Å²) in [4.78, 5) is 1.60. The first-order valence-electron chi connectivity index (χ1n) is 6.08. The van der Waals surface area contributed by atoms with E-state index in [1.54, 1.807) is 11.9 Å². The Morgan fingerprint density at radius 2 is 2.17 bits per heavy atom. The summed E-state index contributed by atoms with van der Waals surface area (Å²) in [6.45, 7) is 2.22. The van der Waals surface area contributed by atoms with Gasteiger partial charge in [0.05, 0.1) is 11.8 Å². The van der Waals surface area contributed by atoms with Crippen LogP contribution in [0.1, 0.15) is 25.3 Å². The number of rotatable bonds is 3. The summed E-state index contributed by atoms with van der Waals surface area (Å²) in [5.41, 5.74) is 0.962. The van der Waals surface area contributed by atoms with E-state index in [2.05, 4.69) is 35.0 Å². The van der Waals surface area contributed by atoms with Crippen LogP contribution >= 0.6 is 15.9 Å². The first-order valence-corrected chi connectivity index (χ1v) is 6.87. The lowest BCUT2D eigenvalue weighted by molar-refractivity contribution is 0.217. The number of benzene rings is 1. The van der Waals surface area contributed by atoms with Crippen molar-refractivity contribution in [3.63, 3.8) is 0 Å². The monoisotopic (exact) mass is 307 g/mol. The largest absolute Gasteiger partial charge is 0.324 e. The molecule has 2 rings (SSSR count). The molecule has 0 aliphatic heterocycles. The maximum absolute atomic E-state index is 8.36. The van der Waals surface area contributed by atoms with Crippen molar-refractivity contribution in [1.82, 2.24) is 4.90 Å². The smallest absolute Gasteiger partial charge is 0.112 e. The van der Waals surface area contributed by atoms with E-state index in [-0.39, 0.29) is 5.41 Å². The van der Waals surface area contributed by atoms with Crippen molar-refractivity contribution in [2.24, 2.45) is 5.92 Å². The molecule has 3 nitrogen and oxygen atoms in total. The van der Waals surface area contributed by atoms with Crippen LogP contribution in [0.3, 0.4) is 0 Å². The van der Waals surface area contributed by atoms with E-state index < -0.39 is 0 Å². The summed E-state index contributed by atoms with van der Waals surface area (Å²) >= 11 is 3.50. The van der Waals surface area contributed by atoms with Gasteiger partial charge in [0, 0.05) is 11.5 Å². The van der Waals surface area contributed by atoms with Crippen molar-refractivity contribution < 1.29 is 0 Å². The molecule has 2 N–H and O–H groups in total. The quantitative estimate of drug-likeness (QED) is 0.650. The molecule has 1 aliphatic rings. The highest BCUT2D eigenvalue weighted by Gasteiger charge is 2.48. The highest BCUT2D eigenvalue weighted by molar-refractivity contribution is 9.10. The van der Waals surface area contributed by atoms with E-state index in [0.29, 0.717) is 11.8 Å². The first-order chi connectivity index (χ1) is 8.49. The number of nitrogens with zero attached hydrogens (tertiary/aromatic N) is 1. The van der Waals surface area contributed by atoms with Crippen molar-refractivity contribution in [3.05, 3.63) is 34.3 Å². The van der Waals surface area contributed by atoms with Crippen LogP contribution in [0.5, 0.6) is 0 Å². The van der Waals surface area contributed by atoms with E-state index in [4.69, 9.17) is 10.8 Å². The average molecular weight is 308 g/mol. The van der Waals surface area contributed by atoms with E-state index >= 15 is 0 Å². The van der Waals surface area contributed by atoms with Gasteiger partial charge in [0.15, 0.2) is 0 Å². The molecule has 0 atom stereocenters.